The molecule has 126 valence electrons. The Morgan fingerprint density at radius 2 is 1.07 bits per heavy atom. The molecule has 0 aliphatic heterocycles. The summed E-state index contributed by atoms with van der Waals surface area (Å²) in [6, 6.07) is 26.8. The van der Waals surface area contributed by atoms with Crippen molar-refractivity contribution >= 4 is 0 Å². The predicted octanol–water partition coefficient (Wildman–Crippen LogP) is 5.89. The molecule has 4 aliphatic rings. The molecule has 0 amide bonds. The van der Waals surface area contributed by atoms with Crippen LogP contribution in [0.2, 0.25) is 0 Å². The topological polar surface area (TPSA) is 0 Å². The third-order valence-electron chi connectivity index (χ3n) is 6.13. The summed E-state index contributed by atoms with van der Waals surface area (Å²) in [7, 11) is 0. The first kappa shape index (κ1) is 14.9. The van der Waals surface area contributed by atoms with Gasteiger partial charge in [0.1, 0.15) is 0 Å². The molecule has 7 rings (SSSR count). The molecule has 3 aromatic rings. The third kappa shape index (κ3) is 1.85. The zero-order chi connectivity index (χ0) is 17.8. The van der Waals surface area contributed by atoms with Gasteiger partial charge in [-0.2, -0.15) is 0 Å². The summed E-state index contributed by atoms with van der Waals surface area (Å²) in [5.74, 6) is 0.313. The van der Waals surface area contributed by atoms with Crippen molar-refractivity contribution in [1.82, 2.24) is 0 Å². The Kier molecular flexibility index (Phi) is 2.96. The van der Waals surface area contributed by atoms with Crippen molar-refractivity contribution in [2.45, 2.75) is 11.3 Å². The minimum atomic E-state index is -0.361. The van der Waals surface area contributed by atoms with Crippen molar-refractivity contribution in [3.8, 4) is 0 Å². The van der Waals surface area contributed by atoms with E-state index in [2.05, 4.69) is 110 Å². The SMILES string of the molecule is [C-](=C1C=C[CH+]C=C1)C12c3ccccc3C(c3ccccc31)c1ccccc12. The highest BCUT2D eigenvalue weighted by atomic mass is 14.5. The molecule has 0 unspecified atom stereocenters. The third-order valence-corrected chi connectivity index (χ3v) is 6.13. The molecule has 0 heteroatoms. The summed E-state index contributed by atoms with van der Waals surface area (Å²) in [6.07, 6.45) is 14.5. The van der Waals surface area contributed by atoms with Crippen molar-refractivity contribution in [2.75, 3.05) is 0 Å². The highest BCUT2D eigenvalue weighted by Crippen LogP contribution is 2.59. The molecule has 3 aromatic carbocycles. The van der Waals surface area contributed by atoms with Crippen LogP contribution in [0.15, 0.2) is 103 Å². The zero-order valence-corrected chi connectivity index (χ0v) is 14.9. The Morgan fingerprint density at radius 1 is 0.630 bits per heavy atom. The fourth-order valence-electron chi connectivity index (χ4n) is 5.15. The van der Waals surface area contributed by atoms with E-state index in [-0.39, 0.29) is 5.41 Å². The summed E-state index contributed by atoms with van der Waals surface area (Å²) in [5, 5.41) is 0. The van der Waals surface area contributed by atoms with Crippen molar-refractivity contribution in [3.05, 3.63) is 149 Å². The van der Waals surface area contributed by atoms with Crippen LogP contribution >= 0.6 is 0 Å². The molecule has 4 aliphatic carbocycles. The maximum Gasteiger partial charge on any atom is 0.0473 e. The lowest BCUT2D eigenvalue weighted by atomic mass is 9.52. The molecular weight excluding hydrogens is 324 g/mol. The van der Waals surface area contributed by atoms with Gasteiger partial charge in [0.25, 0.3) is 0 Å². The molecule has 27 heavy (non-hydrogen) atoms. The average Bonchev–Trinajstić information content (AvgIpc) is 2.75. The Balaban J connectivity index is 1.79. The first-order valence-electron chi connectivity index (χ1n) is 9.51. The predicted molar refractivity (Wildman–Crippen MR) is 109 cm³/mol. The van der Waals surface area contributed by atoms with E-state index >= 15 is 0 Å². The fraction of sp³-hybridized carbons (Fsp3) is 0.0741. The zero-order valence-electron chi connectivity index (χ0n) is 14.9. The smallest absolute Gasteiger partial charge is 0.0473 e. The van der Waals surface area contributed by atoms with E-state index in [0.717, 1.165) is 5.57 Å². The van der Waals surface area contributed by atoms with Crippen LogP contribution < -0.4 is 0 Å². The van der Waals surface area contributed by atoms with Crippen LogP contribution in [-0.2, 0) is 5.41 Å². The van der Waals surface area contributed by atoms with E-state index in [4.69, 9.17) is 0 Å². The van der Waals surface area contributed by atoms with Crippen molar-refractivity contribution in [2.24, 2.45) is 0 Å². The first-order chi connectivity index (χ1) is 13.4. The van der Waals surface area contributed by atoms with Gasteiger partial charge in [-0.15, -0.1) is 6.08 Å². The minimum absolute atomic E-state index is 0.313. The average molecular weight is 342 g/mol. The van der Waals surface area contributed by atoms with Crippen LogP contribution in [0.3, 0.4) is 0 Å². The van der Waals surface area contributed by atoms with Gasteiger partial charge in [-0.3, -0.25) is 0 Å². The monoisotopic (exact) mass is 342 g/mol. The van der Waals surface area contributed by atoms with Crippen LogP contribution in [0, 0.1) is 12.5 Å². The van der Waals surface area contributed by atoms with E-state index in [1.807, 2.05) is 0 Å². The fourth-order valence-corrected chi connectivity index (χ4v) is 5.15. The molecule has 0 N–H and O–H groups in total. The highest BCUT2D eigenvalue weighted by molar-refractivity contribution is 5.73. The van der Waals surface area contributed by atoms with Gasteiger partial charge in [0, 0.05) is 47.6 Å². The number of allylic oxidation sites excluding steroid dienone is 6. The summed E-state index contributed by atoms with van der Waals surface area (Å²) < 4.78 is 0. The highest BCUT2D eigenvalue weighted by Gasteiger charge is 2.48. The van der Waals surface area contributed by atoms with Crippen LogP contribution in [0.25, 0.3) is 0 Å². The van der Waals surface area contributed by atoms with Gasteiger partial charge >= 0.3 is 0 Å². The van der Waals surface area contributed by atoms with Crippen LogP contribution in [0.1, 0.15) is 39.3 Å². The minimum Gasteiger partial charge on any atom is -0.125 e. The van der Waals surface area contributed by atoms with Gasteiger partial charge in [-0.05, 0) is 33.4 Å². The van der Waals surface area contributed by atoms with E-state index < -0.39 is 0 Å². The number of hydrogen-bond acceptors (Lipinski definition) is 0. The number of hydrogen-bond donors (Lipinski definition) is 0. The molecule has 0 atom stereocenters. The molecule has 0 radical (unpaired) electrons. The maximum atomic E-state index is 3.95. The molecule has 0 spiro atoms. The van der Waals surface area contributed by atoms with E-state index in [0.29, 0.717) is 5.92 Å². The molecule has 2 bridgehead atoms. The standard InChI is InChI=1S/C27H18/c1-2-10-19(11-3-1)18-27-23-15-7-4-12-20(23)26(21-13-5-8-16-24(21)27)22-14-6-9-17-25(22)27/h1-17,26H. The molecular formula is C27H18. The quantitative estimate of drug-likeness (QED) is 0.484. The molecule has 0 nitrogen and oxygen atoms in total. The maximum absolute atomic E-state index is 3.95. The second-order valence-corrected chi connectivity index (χ2v) is 7.44. The Labute approximate surface area is 160 Å². The number of benzene rings is 3. The van der Waals surface area contributed by atoms with Crippen molar-refractivity contribution in [1.29, 1.82) is 0 Å². The van der Waals surface area contributed by atoms with E-state index in [1.54, 1.807) is 0 Å². The normalized spacial score (nSPS) is 23.3. The molecule has 0 aromatic heterocycles. The van der Waals surface area contributed by atoms with E-state index in [1.165, 1.54) is 33.4 Å². The Hall–Kier alpha value is -3.25. The van der Waals surface area contributed by atoms with Crippen molar-refractivity contribution < 1.29 is 0 Å². The number of rotatable bonds is 1. The summed E-state index contributed by atoms with van der Waals surface area (Å²) >= 11 is 0. The molecule has 0 saturated heterocycles. The lowest BCUT2D eigenvalue weighted by molar-refractivity contribution is 0.632. The van der Waals surface area contributed by atoms with Gasteiger partial charge < -0.3 is 0 Å². The first-order valence-corrected chi connectivity index (χ1v) is 9.51. The lowest BCUT2D eigenvalue weighted by Crippen LogP contribution is -2.41. The van der Waals surface area contributed by atoms with Gasteiger partial charge in [0.2, 0.25) is 0 Å². The molecule has 0 fully saturated rings. The Morgan fingerprint density at radius 3 is 1.56 bits per heavy atom. The second kappa shape index (κ2) is 5.37. The summed E-state index contributed by atoms with van der Waals surface area (Å²) in [5.41, 5.74) is 9.14. The van der Waals surface area contributed by atoms with Crippen LogP contribution in [0.5, 0.6) is 0 Å². The summed E-state index contributed by atoms with van der Waals surface area (Å²) in [4.78, 5) is 0. The van der Waals surface area contributed by atoms with Crippen molar-refractivity contribution in [3.63, 3.8) is 0 Å². The molecule has 0 saturated carbocycles. The van der Waals surface area contributed by atoms with Gasteiger partial charge in [0.15, 0.2) is 0 Å². The van der Waals surface area contributed by atoms with Gasteiger partial charge in [-0.25, -0.2) is 0 Å². The van der Waals surface area contributed by atoms with Crippen LogP contribution in [0.4, 0.5) is 0 Å². The lowest BCUT2D eigenvalue weighted by Gasteiger charge is -2.51. The van der Waals surface area contributed by atoms with Gasteiger partial charge in [-0.1, -0.05) is 72.8 Å². The molecule has 0 heterocycles. The second-order valence-electron chi connectivity index (χ2n) is 7.44. The largest absolute Gasteiger partial charge is 0.125 e. The van der Waals surface area contributed by atoms with E-state index in [9.17, 15) is 0 Å². The Bertz CT molecular complexity index is 1030. The van der Waals surface area contributed by atoms with Crippen LogP contribution in [-0.4, -0.2) is 0 Å². The summed E-state index contributed by atoms with van der Waals surface area (Å²) in [6.45, 7) is 0. The van der Waals surface area contributed by atoms with Gasteiger partial charge in [0.05, 0.1) is 0 Å².